The highest BCUT2D eigenvalue weighted by atomic mass is 79.9. The predicted octanol–water partition coefficient (Wildman–Crippen LogP) is 1.23. The number of carbonyl (C=O) groups excluding carboxylic acids is 1. The number of rotatable bonds is 4. The first kappa shape index (κ1) is 12.0. The molecule has 0 radical (unpaired) electrons. The second kappa shape index (κ2) is 5.70. The van der Waals surface area contributed by atoms with Gasteiger partial charge in [-0.15, -0.1) is 0 Å². The molecule has 15 heavy (non-hydrogen) atoms. The zero-order valence-corrected chi connectivity index (χ0v) is 10.1. The molecule has 1 aromatic heterocycles. The number of alkyl halides is 1. The minimum atomic E-state index is -0.246. The highest BCUT2D eigenvalue weighted by molar-refractivity contribution is 9.09. The molecule has 5 heteroatoms. The van der Waals surface area contributed by atoms with Crippen molar-refractivity contribution in [2.24, 2.45) is 0 Å². The van der Waals surface area contributed by atoms with Gasteiger partial charge in [-0.1, -0.05) is 15.9 Å². The monoisotopic (exact) mass is 272 g/mol. The molecule has 0 unspecified atom stereocenters. The van der Waals surface area contributed by atoms with Crippen LogP contribution in [0.3, 0.4) is 0 Å². The molecule has 4 nitrogen and oxygen atoms in total. The topological polar surface area (TPSA) is 53.2 Å². The molecule has 0 aliphatic rings. The van der Waals surface area contributed by atoms with E-state index >= 15 is 0 Å². The normalized spacial score (nSPS) is 10.0. The molecule has 0 aliphatic heterocycles. The highest BCUT2D eigenvalue weighted by Crippen LogP contribution is 1.98. The van der Waals surface area contributed by atoms with Gasteiger partial charge in [-0.25, -0.2) is 0 Å². The molecule has 1 heterocycles. The maximum Gasteiger partial charge on any atom is 0.259 e. The van der Waals surface area contributed by atoms with Crippen LogP contribution >= 0.6 is 15.9 Å². The van der Waals surface area contributed by atoms with E-state index in [9.17, 15) is 9.59 Å². The van der Waals surface area contributed by atoms with Crippen LogP contribution in [0.5, 0.6) is 0 Å². The van der Waals surface area contributed by atoms with Gasteiger partial charge >= 0.3 is 0 Å². The maximum absolute atomic E-state index is 11.8. The van der Waals surface area contributed by atoms with E-state index in [1.165, 1.54) is 18.5 Å². The van der Waals surface area contributed by atoms with Crippen molar-refractivity contribution >= 4 is 21.8 Å². The Morgan fingerprint density at radius 2 is 2.33 bits per heavy atom. The quantitative estimate of drug-likeness (QED) is 0.839. The van der Waals surface area contributed by atoms with Gasteiger partial charge in [0.15, 0.2) is 5.43 Å². The zero-order valence-electron chi connectivity index (χ0n) is 8.50. The van der Waals surface area contributed by atoms with Crippen molar-refractivity contribution < 1.29 is 4.79 Å². The van der Waals surface area contributed by atoms with Crippen LogP contribution in [0.2, 0.25) is 0 Å². The van der Waals surface area contributed by atoms with E-state index in [4.69, 9.17) is 0 Å². The number of halogens is 1. The van der Waals surface area contributed by atoms with Crippen molar-refractivity contribution in [3.8, 4) is 0 Å². The van der Waals surface area contributed by atoms with Crippen molar-refractivity contribution in [3.05, 3.63) is 34.2 Å². The minimum absolute atomic E-state index is 0.189. The molecule has 0 saturated heterocycles. The number of aromatic nitrogens is 1. The summed E-state index contributed by atoms with van der Waals surface area (Å²) in [6, 6.07) is 1.35. The lowest BCUT2D eigenvalue weighted by Gasteiger charge is -2.15. The maximum atomic E-state index is 11.8. The van der Waals surface area contributed by atoms with Crippen LogP contribution in [0, 0.1) is 0 Å². The summed E-state index contributed by atoms with van der Waals surface area (Å²) >= 11 is 3.29. The molecule has 0 aromatic carbocycles. The van der Waals surface area contributed by atoms with Crippen LogP contribution in [0.4, 0.5) is 0 Å². The summed E-state index contributed by atoms with van der Waals surface area (Å²) < 4.78 is 0. The Balaban J connectivity index is 2.77. The molecule has 0 atom stereocenters. The van der Waals surface area contributed by atoms with E-state index < -0.39 is 0 Å². The highest BCUT2D eigenvalue weighted by Gasteiger charge is 2.13. The molecule has 82 valence electrons. The number of nitrogens with zero attached hydrogens (tertiary/aromatic N) is 1. The standard InChI is InChI=1S/C10H13BrN2O2/c1-13(6-2-4-11)10(15)8-7-12-5-3-9(8)14/h3,5,7H,2,4,6H2,1H3,(H,12,14). The summed E-state index contributed by atoms with van der Waals surface area (Å²) in [5.74, 6) is -0.238. The molecule has 1 amide bonds. The van der Waals surface area contributed by atoms with Crippen LogP contribution in [0.15, 0.2) is 23.3 Å². The van der Waals surface area contributed by atoms with Crippen molar-refractivity contribution in [3.63, 3.8) is 0 Å². The number of hydrogen-bond acceptors (Lipinski definition) is 2. The second-order valence-corrected chi connectivity index (χ2v) is 3.98. The van der Waals surface area contributed by atoms with Gasteiger partial charge in [0.25, 0.3) is 5.91 Å². The molecule has 0 bridgehead atoms. The van der Waals surface area contributed by atoms with Gasteiger partial charge in [0.1, 0.15) is 5.56 Å². The fraction of sp³-hybridized carbons (Fsp3) is 0.400. The third-order valence-corrected chi connectivity index (χ3v) is 2.59. The van der Waals surface area contributed by atoms with E-state index in [0.29, 0.717) is 6.54 Å². The van der Waals surface area contributed by atoms with E-state index in [1.54, 1.807) is 11.9 Å². The van der Waals surface area contributed by atoms with Crippen LogP contribution in [0.25, 0.3) is 0 Å². The molecule has 0 aliphatic carbocycles. The van der Waals surface area contributed by atoms with Gasteiger partial charge in [0.05, 0.1) is 0 Å². The Morgan fingerprint density at radius 1 is 1.60 bits per heavy atom. The first-order chi connectivity index (χ1) is 7.16. The molecular formula is C10H13BrN2O2. The predicted molar refractivity (Wildman–Crippen MR) is 62.4 cm³/mol. The first-order valence-electron chi connectivity index (χ1n) is 4.65. The number of aromatic amines is 1. The number of nitrogens with one attached hydrogen (secondary N) is 1. The van der Waals surface area contributed by atoms with E-state index in [2.05, 4.69) is 20.9 Å². The molecule has 0 spiro atoms. The Morgan fingerprint density at radius 3 is 2.93 bits per heavy atom. The van der Waals surface area contributed by atoms with Crippen LogP contribution in [-0.4, -0.2) is 34.7 Å². The third kappa shape index (κ3) is 3.20. The van der Waals surface area contributed by atoms with Crippen molar-refractivity contribution in [1.29, 1.82) is 0 Å². The van der Waals surface area contributed by atoms with E-state index in [0.717, 1.165) is 11.8 Å². The van der Waals surface area contributed by atoms with Crippen LogP contribution in [0.1, 0.15) is 16.8 Å². The lowest BCUT2D eigenvalue weighted by Crippen LogP contribution is -2.31. The fourth-order valence-electron chi connectivity index (χ4n) is 1.19. The summed E-state index contributed by atoms with van der Waals surface area (Å²) in [6.45, 7) is 0.637. The molecular weight excluding hydrogens is 260 g/mol. The van der Waals surface area contributed by atoms with Gasteiger partial charge in [-0.2, -0.15) is 0 Å². The van der Waals surface area contributed by atoms with Gasteiger partial charge in [0.2, 0.25) is 0 Å². The molecule has 1 rings (SSSR count). The Kier molecular flexibility index (Phi) is 4.55. The second-order valence-electron chi connectivity index (χ2n) is 3.19. The van der Waals surface area contributed by atoms with Gasteiger partial charge < -0.3 is 9.88 Å². The summed E-state index contributed by atoms with van der Waals surface area (Å²) in [7, 11) is 1.69. The summed E-state index contributed by atoms with van der Waals surface area (Å²) in [5, 5.41) is 0.843. The smallest absolute Gasteiger partial charge is 0.259 e. The van der Waals surface area contributed by atoms with E-state index in [-0.39, 0.29) is 16.9 Å². The van der Waals surface area contributed by atoms with Crippen molar-refractivity contribution in [2.75, 3.05) is 18.9 Å². The molecule has 1 N–H and O–H groups in total. The van der Waals surface area contributed by atoms with Gasteiger partial charge in [-0.3, -0.25) is 9.59 Å². The average molecular weight is 273 g/mol. The molecule has 0 saturated carbocycles. The largest absolute Gasteiger partial charge is 0.367 e. The van der Waals surface area contributed by atoms with Gasteiger partial charge in [-0.05, 0) is 6.42 Å². The third-order valence-electron chi connectivity index (χ3n) is 2.03. The van der Waals surface area contributed by atoms with E-state index in [1.807, 2.05) is 0 Å². The Hall–Kier alpha value is -1.10. The first-order valence-corrected chi connectivity index (χ1v) is 5.77. The van der Waals surface area contributed by atoms with Crippen LogP contribution in [-0.2, 0) is 0 Å². The molecule has 0 fully saturated rings. The summed E-state index contributed by atoms with van der Waals surface area (Å²) in [6.07, 6.45) is 3.82. The summed E-state index contributed by atoms with van der Waals surface area (Å²) in [5.41, 5.74) is -0.0565. The Labute approximate surface area is 96.4 Å². The van der Waals surface area contributed by atoms with Crippen molar-refractivity contribution in [2.45, 2.75) is 6.42 Å². The SMILES string of the molecule is CN(CCCBr)C(=O)c1c[nH]ccc1=O. The fourth-order valence-corrected chi connectivity index (χ4v) is 1.44. The molecule has 1 aromatic rings. The van der Waals surface area contributed by atoms with Crippen molar-refractivity contribution in [1.82, 2.24) is 9.88 Å². The minimum Gasteiger partial charge on any atom is -0.367 e. The average Bonchev–Trinajstić information content (AvgIpc) is 2.25. The number of carbonyl (C=O) groups is 1. The lowest BCUT2D eigenvalue weighted by molar-refractivity contribution is 0.0794. The number of pyridine rings is 1. The van der Waals surface area contributed by atoms with Gasteiger partial charge in [0, 0.05) is 37.4 Å². The number of amides is 1. The lowest BCUT2D eigenvalue weighted by atomic mass is 10.2. The summed E-state index contributed by atoms with van der Waals surface area (Å²) in [4.78, 5) is 27.4. The Bertz CT molecular complexity index is 389. The van der Waals surface area contributed by atoms with Crippen LogP contribution < -0.4 is 5.43 Å². The zero-order chi connectivity index (χ0) is 11.3. The number of hydrogen-bond donors (Lipinski definition) is 1. The number of H-pyrrole nitrogens is 1.